The number of hydrogen-bond donors (Lipinski definition) is 1. The monoisotopic (exact) mass is 309 g/mol. The smallest absolute Gasteiger partial charge is 0.225 e. The van der Waals surface area contributed by atoms with E-state index in [4.69, 9.17) is 4.98 Å². The number of benzene rings is 1. The summed E-state index contributed by atoms with van der Waals surface area (Å²) in [5.74, 6) is 0.828. The van der Waals surface area contributed by atoms with Crippen LogP contribution in [0.25, 0.3) is 11.4 Å². The Morgan fingerprint density at radius 3 is 2.65 bits per heavy atom. The zero-order chi connectivity index (χ0) is 16.4. The van der Waals surface area contributed by atoms with E-state index in [1.807, 2.05) is 57.3 Å². The fourth-order valence-corrected chi connectivity index (χ4v) is 2.80. The predicted octanol–water partition coefficient (Wildman–Crippen LogP) is 3.68. The van der Waals surface area contributed by atoms with E-state index in [0.717, 1.165) is 41.9 Å². The van der Waals surface area contributed by atoms with E-state index < -0.39 is 0 Å². The summed E-state index contributed by atoms with van der Waals surface area (Å²) >= 11 is 0. The van der Waals surface area contributed by atoms with Crippen LogP contribution in [-0.2, 0) is 11.2 Å². The maximum atomic E-state index is 12.3. The first-order valence-electron chi connectivity index (χ1n) is 8.17. The lowest BCUT2D eigenvalue weighted by Crippen LogP contribution is -2.38. The molecular formula is C19H23N3O. The van der Waals surface area contributed by atoms with Gasteiger partial charge in [0.25, 0.3) is 0 Å². The Hall–Kier alpha value is -2.23. The SMILES string of the molecule is CC(C)(C)C(=O)NC1CCCc2nc(-c3ccccc3)ncc21. The van der Waals surface area contributed by atoms with Crippen molar-refractivity contribution in [3.8, 4) is 11.4 Å². The standard InChI is InChI=1S/C19H23N3O/c1-19(2,3)18(23)22-16-11-7-10-15-14(16)12-20-17(21-15)13-8-5-4-6-9-13/h4-6,8-9,12,16H,7,10-11H2,1-3H3,(H,22,23). The number of carbonyl (C=O) groups excluding carboxylic acids is 1. The van der Waals surface area contributed by atoms with Crippen LogP contribution in [0.2, 0.25) is 0 Å². The molecule has 4 heteroatoms. The van der Waals surface area contributed by atoms with Crippen LogP contribution in [0.15, 0.2) is 36.5 Å². The first-order chi connectivity index (χ1) is 10.9. The molecular weight excluding hydrogens is 286 g/mol. The van der Waals surface area contributed by atoms with Crippen LogP contribution in [0.5, 0.6) is 0 Å². The molecule has 4 nitrogen and oxygen atoms in total. The fourth-order valence-electron chi connectivity index (χ4n) is 2.80. The average Bonchev–Trinajstić information content (AvgIpc) is 2.54. The molecule has 0 fully saturated rings. The highest BCUT2D eigenvalue weighted by atomic mass is 16.2. The van der Waals surface area contributed by atoms with Crippen molar-refractivity contribution >= 4 is 5.91 Å². The van der Waals surface area contributed by atoms with Crippen molar-refractivity contribution < 1.29 is 4.79 Å². The Kier molecular flexibility index (Phi) is 4.16. The zero-order valence-electron chi connectivity index (χ0n) is 14.0. The normalized spacial score (nSPS) is 17.4. The van der Waals surface area contributed by atoms with Gasteiger partial charge < -0.3 is 5.32 Å². The molecule has 1 unspecified atom stereocenters. The second-order valence-electron chi connectivity index (χ2n) is 7.13. The van der Waals surface area contributed by atoms with Crippen LogP contribution in [0.3, 0.4) is 0 Å². The van der Waals surface area contributed by atoms with Gasteiger partial charge in [-0.15, -0.1) is 0 Å². The first-order valence-corrected chi connectivity index (χ1v) is 8.17. The summed E-state index contributed by atoms with van der Waals surface area (Å²) in [4.78, 5) is 21.5. The number of nitrogens with zero attached hydrogens (tertiary/aromatic N) is 2. The van der Waals surface area contributed by atoms with Crippen LogP contribution in [0, 0.1) is 5.41 Å². The number of fused-ring (bicyclic) bond motifs is 1. The molecule has 23 heavy (non-hydrogen) atoms. The maximum Gasteiger partial charge on any atom is 0.225 e. The van der Waals surface area contributed by atoms with Gasteiger partial charge in [-0.25, -0.2) is 9.97 Å². The van der Waals surface area contributed by atoms with Crippen molar-refractivity contribution in [1.82, 2.24) is 15.3 Å². The molecule has 0 radical (unpaired) electrons. The molecule has 0 bridgehead atoms. The van der Waals surface area contributed by atoms with Crippen molar-refractivity contribution in [2.24, 2.45) is 5.41 Å². The third-order valence-corrected chi connectivity index (χ3v) is 4.20. The topological polar surface area (TPSA) is 54.9 Å². The molecule has 1 amide bonds. The number of nitrogens with one attached hydrogen (secondary N) is 1. The Morgan fingerprint density at radius 1 is 1.22 bits per heavy atom. The maximum absolute atomic E-state index is 12.3. The van der Waals surface area contributed by atoms with E-state index >= 15 is 0 Å². The number of aromatic nitrogens is 2. The average molecular weight is 309 g/mol. The molecule has 0 spiro atoms. The summed E-state index contributed by atoms with van der Waals surface area (Å²) < 4.78 is 0. The third kappa shape index (κ3) is 3.41. The minimum atomic E-state index is -0.386. The van der Waals surface area contributed by atoms with Crippen molar-refractivity contribution in [2.75, 3.05) is 0 Å². The van der Waals surface area contributed by atoms with Crippen LogP contribution in [0.4, 0.5) is 0 Å². The van der Waals surface area contributed by atoms with E-state index in [1.165, 1.54) is 0 Å². The summed E-state index contributed by atoms with van der Waals surface area (Å²) in [6.07, 6.45) is 4.81. The number of hydrogen-bond acceptors (Lipinski definition) is 3. The lowest BCUT2D eigenvalue weighted by atomic mass is 9.89. The van der Waals surface area contributed by atoms with Gasteiger partial charge >= 0.3 is 0 Å². The van der Waals surface area contributed by atoms with Gasteiger partial charge in [0.2, 0.25) is 5.91 Å². The molecule has 120 valence electrons. The van der Waals surface area contributed by atoms with Crippen LogP contribution in [-0.4, -0.2) is 15.9 Å². The quantitative estimate of drug-likeness (QED) is 0.920. The van der Waals surface area contributed by atoms with Gasteiger partial charge in [-0.05, 0) is 19.3 Å². The zero-order valence-corrected chi connectivity index (χ0v) is 14.0. The largest absolute Gasteiger partial charge is 0.349 e. The molecule has 0 aliphatic heterocycles. The highest BCUT2D eigenvalue weighted by Crippen LogP contribution is 2.30. The van der Waals surface area contributed by atoms with E-state index in [9.17, 15) is 4.79 Å². The van der Waals surface area contributed by atoms with Gasteiger partial charge in [0.1, 0.15) is 0 Å². The van der Waals surface area contributed by atoms with Gasteiger partial charge in [-0.1, -0.05) is 51.1 Å². The van der Waals surface area contributed by atoms with Crippen LogP contribution in [0.1, 0.15) is 50.9 Å². The van der Waals surface area contributed by atoms with Crippen molar-refractivity contribution in [2.45, 2.75) is 46.1 Å². The van der Waals surface area contributed by atoms with Crippen LogP contribution >= 0.6 is 0 Å². The molecule has 1 aliphatic rings. The van der Waals surface area contributed by atoms with Gasteiger partial charge in [-0.3, -0.25) is 4.79 Å². The Balaban J connectivity index is 1.87. The summed E-state index contributed by atoms with van der Waals surface area (Å²) in [5.41, 5.74) is 2.76. The van der Waals surface area contributed by atoms with E-state index in [-0.39, 0.29) is 17.4 Å². The number of aryl methyl sites for hydroxylation is 1. The number of carbonyl (C=O) groups is 1. The molecule has 1 aliphatic carbocycles. The van der Waals surface area contributed by atoms with Crippen molar-refractivity contribution in [3.05, 3.63) is 47.8 Å². The molecule has 2 aromatic rings. The van der Waals surface area contributed by atoms with E-state index in [2.05, 4.69) is 10.3 Å². The Labute approximate surface area is 137 Å². The minimum Gasteiger partial charge on any atom is -0.349 e. The van der Waals surface area contributed by atoms with E-state index in [1.54, 1.807) is 0 Å². The second kappa shape index (κ2) is 6.11. The highest BCUT2D eigenvalue weighted by Gasteiger charge is 2.28. The van der Waals surface area contributed by atoms with Gasteiger partial charge in [0.05, 0.1) is 6.04 Å². The Morgan fingerprint density at radius 2 is 1.96 bits per heavy atom. The highest BCUT2D eigenvalue weighted by molar-refractivity contribution is 5.81. The lowest BCUT2D eigenvalue weighted by Gasteiger charge is -2.28. The fraction of sp³-hybridized carbons (Fsp3) is 0.421. The summed E-state index contributed by atoms with van der Waals surface area (Å²) in [6, 6.07) is 10.0. The van der Waals surface area contributed by atoms with Crippen molar-refractivity contribution in [1.29, 1.82) is 0 Å². The molecule has 0 saturated carbocycles. The number of rotatable bonds is 2. The lowest BCUT2D eigenvalue weighted by molar-refractivity contribution is -0.129. The second-order valence-corrected chi connectivity index (χ2v) is 7.13. The summed E-state index contributed by atoms with van der Waals surface area (Å²) in [6.45, 7) is 5.79. The third-order valence-electron chi connectivity index (χ3n) is 4.20. The molecule has 3 rings (SSSR count). The Bertz CT molecular complexity index is 704. The first kappa shape index (κ1) is 15.7. The van der Waals surface area contributed by atoms with Gasteiger partial charge in [0.15, 0.2) is 5.82 Å². The van der Waals surface area contributed by atoms with Gasteiger partial charge in [-0.2, -0.15) is 0 Å². The summed E-state index contributed by atoms with van der Waals surface area (Å²) in [7, 11) is 0. The minimum absolute atomic E-state index is 0.0234. The molecule has 1 aromatic carbocycles. The summed E-state index contributed by atoms with van der Waals surface area (Å²) in [5, 5.41) is 3.16. The van der Waals surface area contributed by atoms with E-state index in [0.29, 0.717) is 0 Å². The predicted molar refractivity (Wildman–Crippen MR) is 90.7 cm³/mol. The molecule has 1 aromatic heterocycles. The van der Waals surface area contributed by atoms with Crippen LogP contribution < -0.4 is 5.32 Å². The molecule has 0 saturated heterocycles. The molecule has 1 atom stereocenters. The molecule has 1 N–H and O–H groups in total. The van der Waals surface area contributed by atoms with Gasteiger partial charge in [0, 0.05) is 28.4 Å². The number of amides is 1. The molecule has 1 heterocycles. The van der Waals surface area contributed by atoms with Crippen molar-refractivity contribution in [3.63, 3.8) is 0 Å².